The third-order valence-electron chi connectivity index (χ3n) is 2.08. The first-order chi connectivity index (χ1) is 7.11. The number of nitrogens with zero attached hydrogens (tertiary/aromatic N) is 2. The molecule has 0 aliphatic heterocycles. The third-order valence-corrected chi connectivity index (χ3v) is 2.08. The van der Waals surface area contributed by atoms with Gasteiger partial charge in [-0.3, -0.25) is 4.98 Å². The molecular weight excluding hydrogens is 202 g/mol. The molecule has 0 saturated heterocycles. The molecule has 0 atom stereocenters. The van der Waals surface area contributed by atoms with Gasteiger partial charge in [-0.25, -0.2) is 8.78 Å². The van der Waals surface area contributed by atoms with Crippen LogP contribution in [0.15, 0.2) is 6.20 Å². The largest absolute Gasteiger partial charge is 0.495 e. The Bertz CT molecular complexity index is 399. The molecule has 80 valence electrons. The third kappa shape index (κ3) is 2.21. The maximum absolute atomic E-state index is 12.7. The molecule has 0 radical (unpaired) electrons. The first-order valence-corrected chi connectivity index (χ1v) is 4.29. The highest BCUT2D eigenvalue weighted by Crippen LogP contribution is 2.31. The highest BCUT2D eigenvalue weighted by atomic mass is 19.3. The van der Waals surface area contributed by atoms with Crippen LogP contribution >= 0.6 is 0 Å². The maximum Gasteiger partial charge on any atom is 0.266 e. The van der Waals surface area contributed by atoms with Gasteiger partial charge in [-0.15, -0.1) is 0 Å². The second-order valence-corrected chi connectivity index (χ2v) is 2.94. The van der Waals surface area contributed by atoms with Gasteiger partial charge in [-0.2, -0.15) is 5.26 Å². The van der Waals surface area contributed by atoms with Crippen LogP contribution in [0.5, 0.6) is 5.75 Å². The average Bonchev–Trinajstić information content (AvgIpc) is 2.18. The number of methoxy groups -OCH3 is 1. The van der Waals surface area contributed by atoms with Crippen LogP contribution in [0.2, 0.25) is 0 Å². The summed E-state index contributed by atoms with van der Waals surface area (Å²) in [6.45, 7) is 1.49. The van der Waals surface area contributed by atoms with Gasteiger partial charge in [0.05, 0.1) is 25.8 Å². The molecule has 0 aliphatic carbocycles. The predicted octanol–water partition coefficient (Wildman–Crippen LogP) is 2.40. The molecule has 0 unspecified atom stereocenters. The van der Waals surface area contributed by atoms with E-state index in [2.05, 4.69) is 4.98 Å². The Morgan fingerprint density at radius 3 is 2.73 bits per heavy atom. The number of rotatable bonds is 3. The van der Waals surface area contributed by atoms with Gasteiger partial charge in [0.15, 0.2) is 0 Å². The SMILES string of the molecule is COc1cnc(C)c(C(F)F)c1CC#N. The molecule has 1 rings (SSSR count). The summed E-state index contributed by atoms with van der Waals surface area (Å²) >= 11 is 0. The molecule has 3 nitrogen and oxygen atoms in total. The van der Waals surface area contributed by atoms with Gasteiger partial charge in [-0.1, -0.05) is 0 Å². The Morgan fingerprint density at radius 1 is 1.60 bits per heavy atom. The molecule has 1 aromatic rings. The number of ether oxygens (including phenoxy) is 1. The van der Waals surface area contributed by atoms with Gasteiger partial charge >= 0.3 is 0 Å². The molecule has 0 saturated carbocycles. The summed E-state index contributed by atoms with van der Waals surface area (Å²) in [6, 6.07) is 1.84. The van der Waals surface area contributed by atoms with E-state index in [4.69, 9.17) is 10.00 Å². The first kappa shape index (κ1) is 11.4. The lowest BCUT2D eigenvalue weighted by atomic mass is 10.0. The minimum atomic E-state index is -2.64. The minimum Gasteiger partial charge on any atom is -0.495 e. The van der Waals surface area contributed by atoms with Crippen molar-refractivity contribution in [1.29, 1.82) is 5.26 Å². The summed E-state index contributed by atoms with van der Waals surface area (Å²) in [7, 11) is 1.36. The maximum atomic E-state index is 12.7. The number of alkyl halides is 2. The van der Waals surface area contributed by atoms with Crippen molar-refractivity contribution in [3.05, 3.63) is 23.0 Å². The van der Waals surface area contributed by atoms with Crippen molar-refractivity contribution >= 4 is 0 Å². The number of halogens is 2. The quantitative estimate of drug-likeness (QED) is 0.772. The zero-order valence-electron chi connectivity index (χ0n) is 8.42. The lowest BCUT2D eigenvalue weighted by molar-refractivity contribution is 0.148. The van der Waals surface area contributed by atoms with E-state index in [1.807, 2.05) is 6.07 Å². The van der Waals surface area contributed by atoms with Gasteiger partial charge in [0.25, 0.3) is 6.43 Å². The molecule has 1 heterocycles. The van der Waals surface area contributed by atoms with E-state index in [-0.39, 0.29) is 29.0 Å². The fourth-order valence-corrected chi connectivity index (χ4v) is 1.38. The van der Waals surface area contributed by atoms with Crippen molar-refractivity contribution in [2.45, 2.75) is 19.8 Å². The van der Waals surface area contributed by atoms with Crippen LogP contribution in [0.1, 0.15) is 23.2 Å². The minimum absolute atomic E-state index is 0.105. The number of aryl methyl sites for hydroxylation is 1. The topological polar surface area (TPSA) is 45.9 Å². The zero-order chi connectivity index (χ0) is 11.4. The van der Waals surface area contributed by atoms with Gasteiger partial charge in [0, 0.05) is 16.8 Å². The molecule has 0 aromatic carbocycles. The van der Waals surface area contributed by atoms with Gasteiger partial charge in [-0.05, 0) is 6.92 Å². The number of pyridine rings is 1. The number of nitriles is 1. The summed E-state index contributed by atoms with van der Waals surface area (Å²) in [5, 5.41) is 8.57. The van der Waals surface area contributed by atoms with Crippen LogP contribution in [0.4, 0.5) is 8.78 Å². The van der Waals surface area contributed by atoms with Gasteiger partial charge < -0.3 is 4.74 Å². The molecule has 0 bridgehead atoms. The fourth-order valence-electron chi connectivity index (χ4n) is 1.38. The molecule has 0 spiro atoms. The fraction of sp³-hybridized carbons (Fsp3) is 0.400. The molecule has 15 heavy (non-hydrogen) atoms. The van der Waals surface area contributed by atoms with E-state index in [0.717, 1.165) is 0 Å². The molecule has 0 amide bonds. The van der Waals surface area contributed by atoms with Gasteiger partial charge in [0.1, 0.15) is 5.75 Å². The van der Waals surface area contributed by atoms with E-state index in [0.29, 0.717) is 0 Å². The Balaban J connectivity index is 3.38. The molecule has 1 aromatic heterocycles. The lowest BCUT2D eigenvalue weighted by Gasteiger charge is -2.12. The summed E-state index contributed by atoms with van der Waals surface area (Å²) in [6.07, 6.45) is -1.39. The Labute approximate surface area is 86.3 Å². The zero-order valence-corrected chi connectivity index (χ0v) is 8.42. The van der Waals surface area contributed by atoms with Gasteiger partial charge in [0.2, 0.25) is 0 Å². The average molecular weight is 212 g/mol. The Morgan fingerprint density at radius 2 is 2.27 bits per heavy atom. The van der Waals surface area contributed by atoms with Crippen LogP contribution in [-0.4, -0.2) is 12.1 Å². The van der Waals surface area contributed by atoms with Crippen molar-refractivity contribution < 1.29 is 13.5 Å². The molecule has 0 fully saturated rings. The van der Waals surface area contributed by atoms with Crippen molar-refractivity contribution in [3.63, 3.8) is 0 Å². The molecule has 5 heteroatoms. The smallest absolute Gasteiger partial charge is 0.266 e. The van der Waals surface area contributed by atoms with Crippen molar-refractivity contribution in [3.8, 4) is 11.8 Å². The van der Waals surface area contributed by atoms with E-state index >= 15 is 0 Å². The van der Waals surface area contributed by atoms with E-state index in [1.54, 1.807) is 0 Å². The highest BCUT2D eigenvalue weighted by molar-refractivity contribution is 5.43. The first-order valence-electron chi connectivity index (χ1n) is 4.29. The number of hydrogen-bond acceptors (Lipinski definition) is 3. The second-order valence-electron chi connectivity index (χ2n) is 2.94. The van der Waals surface area contributed by atoms with Crippen molar-refractivity contribution in [2.24, 2.45) is 0 Å². The van der Waals surface area contributed by atoms with E-state index < -0.39 is 6.43 Å². The number of aromatic nitrogens is 1. The molecule has 0 aliphatic rings. The Hall–Kier alpha value is -1.70. The molecular formula is C10H10F2N2O. The normalized spacial score (nSPS) is 10.1. The van der Waals surface area contributed by atoms with E-state index in [1.165, 1.54) is 20.2 Å². The Kier molecular flexibility index (Phi) is 3.56. The summed E-state index contributed by atoms with van der Waals surface area (Å²) in [5.74, 6) is 0.234. The number of hydrogen-bond donors (Lipinski definition) is 0. The predicted molar refractivity (Wildman–Crippen MR) is 49.8 cm³/mol. The standard InChI is InChI=1S/C10H10F2N2O/c1-6-9(10(11)12)7(3-4-13)8(15-2)5-14-6/h5,10H,3H2,1-2H3. The summed E-state index contributed by atoms with van der Waals surface area (Å²) in [5.41, 5.74) is 0.259. The van der Waals surface area contributed by atoms with Crippen molar-refractivity contribution in [1.82, 2.24) is 4.98 Å². The van der Waals surface area contributed by atoms with Crippen LogP contribution in [0, 0.1) is 18.3 Å². The van der Waals surface area contributed by atoms with Crippen LogP contribution in [0.3, 0.4) is 0 Å². The summed E-state index contributed by atoms with van der Waals surface area (Å²) < 4.78 is 30.3. The van der Waals surface area contributed by atoms with Crippen LogP contribution in [0.25, 0.3) is 0 Å². The highest BCUT2D eigenvalue weighted by Gasteiger charge is 2.20. The second kappa shape index (κ2) is 4.69. The van der Waals surface area contributed by atoms with Crippen molar-refractivity contribution in [2.75, 3.05) is 7.11 Å². The van der Waals surface area contributed by atoms with Crippen LogP contribution < -0.4 is 4.74 Å². The lowest BCUT2D eigenvalue weighted by Crippen LogP contribution is -2.03. The molecule has 0 N–H and O–H groups in total. The monoisotopic (exact) mass is 212 g/mol. The van der Waals surface area contributed by atoms with E-state index in [9.17, 15) is 8.78 Å². The van der Waals surface area contributed by atoms with Crippen LogP contribution in [-0.2, 0) is 6.42 Å². The summed E-state index contributed by atoms with van der Waals surface area (Å²) in [4.78, 5) is 3.80.